The average Bonchev–Trinajstić information content (AvgIpc) is 3.60. The van der Waals surface area contributed by atoms with Gasteiger partial charge in [0.15, 0.2) is 5.82 Å². The molecule has 0 saturated carbocycles. The molecule has 2 aromatic heterocycles. The van der Waals surface area contributed by atoms with Crippen LogP contribution in [0.25, 0.3) is 22.5 Å². The first kappa shape index (κ1) is 25.4. The van der Waals surface area contributed by atoms with Crippen molar-refractivity contribution in [3.8, 4) is 22.5 Å². The highest BCUT2D eigenvalue weighted by molar-refractivity contribution is 5.80. The van der Waals surface area contributed by atoms with Gasteiger partial charge in [0.05, 0.1) is 6.54 Å². The van der Waals surface area contributed by atoms with Crippen molar-refractivity contribution >= 4 is 0 Å². The van der Waals surface area contributed by atoms with Gasteiger partial charge in [-0.25, -0.2) is 14.8 Å². The van der Waals surface area contributed by atoms with E-state index in [4.69, 9.17) is 19.6 Å². The van der Waals surface area contributed by atoms with Gasteiger partial charge in [-0.2, -0.15) is 0 Å². The standard InChI is InChI=1S/C27H33N7O2/c1-5-7-17-27(35-3,36-4)26-28-24(34(31-26)18-8-6-2)19-20-13-15-21(16-14-20)22-11-9-10-12-23(22)25-29-32-33-30-25/h6,8-16H,5,7,17-19H2,1-4H3,(H,29,30,32,33)/b8-6+. The number of hydrogen-bond acceptors (Lipinski definition) is 7. The summed E-state index contributed by atoms with van der Waals surface area (Å²) in [5, 5.41) is 19.1. The number of allylic oxidation sites excluding steroid dienone is 2. The molecule has 2 aromatic carbocycles. The first-order valence-electron chi connectivity index (χ1n) is 12.2. The number of tetrazole rings is 1. The van der Waals surface area contributed by atoms with Crippen LogP contribution in [-0.4, -0.2) is 49.6 Å². The molecule has 4 aromatic rings. The molecule has 4 rings (SSSR count). The van der Waals surface area contributed by atoms with Crippen LogP contribution in [0.2, 0.25) is 0 Å². The first-order valence-corrected chi connectivity index (χ1v) is 12.2. The number of H-pyrrole nitrogens is 1. The van der Waals surface area contributed by atoms with Crippen molar-refractivity contribution in [1.29, 1.82) is 0 Å². The number of rotatable bonds is 12. The van der Waals surface area contributed by atoms with E-state index < -0.39 is 5.79 Å². The Balaban J connectivity index is 1.62. The number of nitrogens with zero attached hydrogens (tertiary/aromatic N) is 6. The van der Waals surface area contributed by atoms with Gasteiger partial charge >= 0.3 is 0 Å². The van der Waals surface area contributed by atoms with Crippen LogP contribution in [0.4, 0.5) is 0 Å². The number of benzene rings is 2. The summed E-state index contributed by atoms with van der Waals surface area (Å²) >= 11 is 0. The molecule has 0 fully saturated rings. The third kappa shape index (κ3) is 5.42. The van der Waals surface area contributed by atoms with E-state index in [1.54, 1.807) is 14.2 Å². The molecule has 9 nitrogen and oxygen atoms in total. The first-order chi connectivity index (χ1) is 17.6. The van der Waals surface area contributed by atoms with E-state index in [9.17, 15) is 0 Å². The highest BCUT2D eigenvalue weighted by Gasteiger charge is 2.37. The van der Waals surface area contributed by atoms with Crippen molar-refractivity contribution in [2.24, 2.45) is 0 Å². The maximum absolute atomic E-state index is 5.81. The molecule has 1 N–H and O–H groups in total. The zero-order valence-corrected chi connectivity index (χ0v) is 21.3. The molecule has 188 valence electrons. The third-order valence-electron chi connectivity index (χ3n) is 6.28. The van der Waals surface area contributed by atoms with Crippen LogP contribution in [-0.2, 0) is 28.2 Å². The molecule has 0 aliphatic rings. The Morgan fingerprint density at radius 3 is 2.42 bits per heavy atom. The molecule has 0 aliphatic heterocycles. The zero-order chi connectivity index (χ0) is 25.4. The summed E-state index contributed by atoms with van der Waals surface area (Å²) in [5.74, 6) is 1.11. The normalized spacial score (nSPS) is 12.0. The second kappa shape index (κ2) is 11.8. The van der Waals surface area contributed by atoms with Crippen molar-refractivity contribution in [2.45, 2.75) is 51.9 Å². The van der Waals surface area contributed by atoms with E-state index in [0.717, 1.165) is 40.9 Å². The Hall–Kier alpha value is -3.69. The quantitative estimate of drug-likeness (QED) is 0.223. The molecule has 0 amide bonds. The molecule has 36 heavy (non-hydrogen) atoms. The molecule has 9 heteroatoms. The maximum Gasteiger partial charge on any atom is 0.231 e. The van der Waals surface area contributed by atoms with E-state index in [-0.39, 0.29) is 0 Å². The van der Waals surface area contributed by atoms with E-state index in [1.807, 2.05) is 35.9 Å². The minimum Gasteiger partial charge on any atom is -0.347 e. The number of aromatic nitrogens is 7. The molecular weight excluding hydrogens is 454 g/mol. The van der Waals surface area contributed by atoms with Gasteiger partial charge in [0.2, 0.25) is 11.6 Å². The Labute approximate surface area is 211 Å². The number of methoxy groups -OCH3 is 2. The topological polar surface area (TPSA) is 104 Å². The predicted molar refractivity (Wildman–Crippen MR) is 138 cm³/mol. The number of unbranched alkanes of at least 4 members (excludes halogenated alkanes) is 1. The smallest absolute Gasteiger partial charge is 0.231 e. The van der Waals surface area contributed by atoms with Gasteiger partial charge in [-0.1, -0.05) is 74.0 Å². The lowest BCUT2D eigenvalue weighted by Gasteiger charge is -2.27. The van der Waals surface area contributed by atoms with E-state index >= 15 is 0 Å². The van der Waals surface area contributed by atoms with E-state index in [1.165, 1.54) is 0 Å². The van der Waals surface area contributed by atoms with Crippen LogP contribution in [0.3, 0.4) is 0 Å². The monoisotopic (exact) mass is 487 g/mol. The molecule has 0 bridgehead atoms. The van der Waals surface area contributed by atoms with Gasteiger partial charge in [0.25, 0.3) is 0 Å². The van der Waals surface area contributed by atoms with Gasteiger partial charge in [-0.15, -0.1) is 10.2 Å². The fraction of sp³-hybridized carbons (Fsp3) is 0.370. The molecule has 2 heterocycles. The number of ether oxygens (including phenoxy) is 2. The fourth-order valence-corrected chi connectivity index (χ4v) is 4.21. The van der Waals surface area contributed by atoms with Crippen LogP contribution in [0.5, 0.6) is 0 Å². The van der Waals surface area contributed by atoms with Gasteiger partial charge in [-0.3, -0.25) is 0 Å². The lowest BCUT2D eigenvalue weighted by Crippen LogP contribution is -2.32. The van der Waals surface area contributed by atoms with E-state index in [0.29, 0.717) is 31.0 Å². The molecule has 0 atom stereocenters. The maximum atomic E-state index is 5.81. The van der Waals surface area contributed by atoms with Crippen LogP contribution in [0, 0.1) is 0 Å². The summed E-state index contributed by atoms with van der Waals surface area (Å²) in [6.45, 7) is 4.77. The molecule has 0 spiro atoms. The Bertz CT molecular complexity index is 1260. The summed E-state index contributed by atoms with van der Waals surface area (Å²) in [5.41, 5.74) is 4.22. The summed E-state index contributed by atoms with van der Waals surface area (Å²) in [4.78, 5) is 4.90. The van der Waals surface area contributed by atoms with Gasteiger partial charge in [0.1, 0.15) is 5.82 Å². The van der Waals surface area contributed by atoms with Crippen molar-refractivity contribution < 1.29 is 9.47 Å². The molecule has 0 radical (unpaired) electrons. The number of hydrogen-bond donors (Lipinski definition) is 1. The molecule has 0 unspecified atom stereocenters. The minimum atomic E-state index is -0.949. The highest BCUT2D eigenvalue weighted by Crippen LogP contribution is 2.31. The second-order valence-corrected chi connectivity index (χ2v) is 8.54. The average molecular weight is 488 g/mol. The van der Waals surface area contributed by atoms with Gasteiger partial charge in [0, 0.05) is 32.6 Å². The zero-order valence-electron chi connectivity index (χ0n) is 21.3. The van der Waals surface area contributed by atoms with Gasteiger partial charge < -0.3 is 9.47 Å². The fourth-order valence-electron chi connectivity index (χ4n) is 4.21. The summed E-state index contributed by atoms with van der Waals surface area (Å²) in [7, 11) is 3.30. The highest BCUT2D eigenvalue weighted by atomic mass is 16.7. The van der Waals surface area contributed by atoms with Crippen molar-refractivity contribution in [2.75, 3.05) is 14.2 Å². The SMILES string of the molecule is C/C=C/Cn1nc(C(CCCC)(OC)OC)nc1Cc1ccc(-c2ccccc2-c2nnn[nH]2)cc1. The van der Waals surface area contributed by atoms with Crippen LogP contribution in [0.1, 0.15) is 50.3 Å². The Morgan fingerprint density at radius 2 is 1.78 bits per heavy atom. The van der Waals surface area contributed by atoms with Crippen LogP contribution in [0.15, 0.2) is 60.7 Å². The molecule has 0 aliphatic carbocycles. The number of nitrogens with one attached hydrogen (secondary N) is 1. The Kier molecular flexibility index (Phi) is 8.35. The second-order valence-electron chi connectivity index (χ2n) is 8.54. The van der Waals surface area contributed by atoms with Crippen molar-refractivity contribution in [3.05, 3.63) is 77.9 Å². The van der Waals surface area contributed by atoms with Crippen molar-refractivity contribution in [1.82, 2.24) is 35.4 Å². The summed E-state index contributed by atoms with van der Waals surface area (Å²) < 4.78 is 13.5. The van der Waals surface area contributed by atoms with Crippen LogP contribution < -0.4 is 0 Å². The minimum absolute atomic E-state index is 0.562. The molecule has 0 saturated heterocycles. The Morgan fingerprint density at radius 1 is 1.03 bits per heavy atom. The largest absolute Gasteiger partial charge is 0.347 e. The lowest BCUT2D eigenvalue weighted by atomic mass is 9.98. The third-order valence-corrected chi connectivity index (χ3v) is 6.28. The summed E-state index contributed by atoms with van der Waals surface area (Å²) in [6.07, 6.45) is 7.39. The van der Waals surface area contributed by atoms with Crippen molar-refractivity contribution in [3.63, 3.8) is 0 Å². The number of aromatic amines is 1. The van der Waals surface area contributed by atoms with Gasteiger partial charge in [-0.05, 0) is 40.5 Å². The van der Waals surface area contributed by atoms with E-state index in [2.05, 4.69) is 64.0 Å². The van der Waals surface area contributed by atoms with Crippen LogP contribution >= 0.6 is 0 Å². The predicted octanol–water partition coefficient (Wildman–Crippen LogP) is 4.93. The lowest BCUT2D eigenvalue weighted by molar-refractivity contribution is -0.226. The summed E-state index contributed by atoms with van der Waals surface area (Å²) in [6, 6.07) is 16.5. The molecular formula is C27H33N7O2.